The lowest BCUT2D eigenvalue weighted by molar-refractivity contribution is 0.101. The van der Waals surface area contributed by atoms with E-state index >= 15 is 0 Å². The average molecular weight is 429 g/mol. The van der Waals surface area contributed by atoms with Gasteiger partial charge in [0.25, 0.3) is 11.8 Å². The third-order valence-electron chi connectivity index (χ3n) is 4.22. The number of hydrogen-bond acceptors (Lipinski definition) is 7. The Morgan fingerprint density at radius 3 is 2.60 bits per heavy atom. The highest BCUT2D eigenvalue weighted by Gasteiger charge is 2.18. The first-order chi connectivity index (χ1) is 14.4. The number of hydrogen-bond donors (Lipinski definition) is 3. The molecule has 2 heterocycles. The molecule has 0 bridgehead atoms. The van der Waals surface area contributed by atoms with Crippen LogP contribution in [0.25, 0.3) is 0 Å². The zero-order valence-corrected chi connectivity index (χ0v) is 17.2. The summed E-state index contributed by atoms with van der Waals surface area (Å²) in [6, 6.07) is 5.91. The van der Waals surface area contributed by atoms with Crippen molar-refractivity contribution in [2.75, 3.05) is 30.1 Å². The van der Waals surface area contributed by atoms with Crippen molar-refractivity contribution >= 4 is 39.8 Å². The third-order valence-corrected chi connectivity index (χ3v) is 5.04. The number of amides is 2. The molecule has 0 saturated heterocycles. The Morgan fingerprint density at radius 2 is 1.97 bits per heavy atom. The second-order valence-electron chi connectivity index (χ2n) is 6.41. The van der Waals surface area contributed by atoms with E-state index in [9.17, 15) is 14.0 Å². The van der Waals surface area contributed by atoms with E-state index in [0.717, 1.165) is 16.9 Å². The van der Waals surface area contributed by atoms with Crippen molar-refractivity contribution in [3.8, 4) is 0 Å². The summed E-state index contributed by atoms with van der Waals surface area (Å²) >= 11 is 1.03. The molecule has 30 heavy (non-hydrogen) atoms. The van der Waals surface area contributed by atoms with E-state index < -0.39 is 17.6 Å². The lowest BCUT2D eigenvalue weighted by Crippen LogP contribution is -2.17. The smallest absolute Gasteiger partial charge is 0.267 e. The second-order valence-corrected chi connectivity index (χ2v) is 7.47. The number of pyridine rings is 1. The van der Waals surface area contributed by atoms with Crippen LogP contribution in [-0.4, -0.2) is 35.5 Å². The molecule has 3 aromatic rings. The number of halogens is 1. The zero-order valence-electron chi connectivity index (χ0n) is 16.4. The van der Waals surface area contributed by atoms with E-state index in [0.29, 0.717) is 29.2 Å². The molecule has 0 saturated carbocycles. The van der Waals surface area contributed by atoms with Crippen LogP contribution in [0, 0.1) is 12.7 Å². The summed E-state index contributed by atoms with van der Waals surface area (Å²) in [5, 5.41) is 5.47. The van der Waals surface area contributed by atoms with E-state index in [4.69, 9.17) is 10.5 Å². The van der Waals surface area contributed by atoms with Gasteiger partial charge in [-0.3, -0.25) is 9.59 Å². The monoisotopic (exact) mass is 429 g/mol. The fourth-order valence-electron chi connectivity index (χ4n) is 2.61. The molecule has 0 aliphatic carbocycles. The molecule has 0 atom stereocenters. The molecule has 0 fully saturated rings. The summed E-state index contributed by atoms with van der Waals surface area (Å²) in [4.78, 5) is 33.2. The van der Waals surface area contributed by atoms with E-state index in [-0.39, 0.29) is 16.5 Å². The quantitative estimate of drug-likeness (QED) is 0.530. The minimum atomic E-state index is -0.707. The van der Waals surface area contributed by atoms with E-state index in [2.05, 4.69) is 20.6 Å². The minimum Gasteiger partial charge on any atom is -0.384 e. The number of nitrogens with zero attached hydrogens (tertiary/aromatic N) is 2. The van der Waals surface area contributed by atoms with Crippen LogP contribution in [0.4, 0.5) is 21.0 Å². The van der Waals surface area contributed by atoms with Gasteiger partial charge >= 0.3 is 0 Å². The van der Waals surface area contributed by atoms with Crippen LogP contribution < -0.4 is 16.4 Å². The highest BCUT2D eigenvalue weighted by molar-refractivity contribution is 7.17. The number of benzene rings is 1. The number of nitrogen functional groups attached to an aromatic ring is 1. The van der Waals surface area contributed by atoms with Crippen molar-refractivity contribution in [1.29, 1.82) is 0 Å². The number of thiazole rings is 1. The molecule has 0 aliphatic rings. The van der Waals surface area contributed by atoms with Gasteiger partial charge in [-0.2, -0.15) is 0 Å². The Balaban J connectivity index is 1.75. The maximum atomic E-state index is 14.4. The number of carbonyl (C=O) groups excluding carboxylic acids is 2. The van der Waals surface area contributed by atoms with Crippen LogP contribution in [-0.2, 0) is 11.2 Å². The summed E-state index contributed by atoms with van der Waals surface area (Å²) in [7, 11) is 1.61. The minimum absolute atomic E-state index is 0.218. The topological polar surface area (TPSA) is 119 Å². The number of ether oxygens (including phenoxy) is 1. The van der Waals surface area contributed by atoms with Crippen LogP contribution >= 0.6 is 11.3 Å². The van der Waals surface area contributed by atoms with Crippen LogP contribution in [0.1, 0.15) is 31.2 Å². The summed E-state index contributed by atoms with van der Waals surface area (Å²) in [6.45, 7) is 2.19. The highest BCUT2D eigenvalue weighted by atomic mass is 32.1. The molecule has 0 spiro atoms. The van der Waals surface area contributed by atoms with E-state index in [1.54, 1.807) is 32.4 Å². The first kappa shape index (κ1) is 21.3. The largest absolute Gasteiger partial charge is 0.384 e. The van der Waals surface area contributed by atoms with Crippen LogP contribution in [0.15, 0.2) is 36.7 Å². The Bertz CT molecular complexity index is 1070. The van der Waals surface area contributed by atoms with Crippen molar-refractivity contribution in [3.63, 3.8) is 0 Å². The Kier molecular flexibility index (Phi) is 6.70. The molecule has 3 rings (SSSR count). The van der Waals surface area contributed by atoms with Gasteiger partial charge in [0.1, 0.15) is 16.5 Å². The predicted octanol–water partition coefficient (Wildman–Crippen LogP) is 3.26. The highest BCUT2D eigenvalue weighted by Crippen LogP contribution is 2.23. The average Bonchev–Trinajstić information content (AvgIpc) is 3.16. The van der Waals surface area contributed by atoms with Gasteiger partial charge < -0.3 is 21.1 Å². The molecule has 10 heteroatoms. The van der Waals surface area contributed by atoms with Crippen molar-refractivity contribution in [1.82, 2.24) is 9.97 Å². The Hall–Kier alpha value is -3.37. The van der Waals surface area contributed by atoms with Gasteiger partial charge in [-0.25, -0.2) is 14.4 Å². The predicted molar refractivity (Wildman–Crippen MR) is 113 cm³/mol. The van der Waals surface area contributed by atoms with Crippen LogP contribution in [0.2, 0.25) is 0 Å². The maximum Gasteiger partial charge on any atom is 0.267 e. The fraction of sp³-hybridized carbons (Fsp3) is 0.200. The number of carbonyl (C=O) groups is 2. The lowest BCUT2D eigenvalue weighted by Gasteiger charge is -2.12. The molecular formula is C20H20FN5O3S. The second kappa shape index (κ2) is 9.42. The SMILES string of the molecule is COCCc1ccc(NC(=O)c2cc(NC(=O)c3cnc(N)s3)c(C)cc2F)nc1. The van der Waals surface area contributed by atoms with Gasteiger partial charge in [-0.15, -0.1) is 0 Å². The molecule has 4 N–H and O–H groups in total. The van der Waals surface area contributed by atoms with Gasteiger partial charge in [0, 0.05) is 19.0 Å². The summed E-state index contributed by atoms with van der Waals surface area (Å²) in [6.07, 6.45) is 3.66. The normalized spacial score (nSPS) is 10.6. The molecule has 0 radical (unpaired) electrons. The molecular weight excluding hydrogens is 409 g/mol. The van der Waals surface area contributed by atoms with Crippen molar-refractivity contribution < 1.29 is 18.7 Å². The standard InChI is InChI=1S/C20H20FN5O3S/c1-11-7-14(21)13(8-15(11)25-19(28)16-10-24-20(22)30-16)18(27)26-17-4-3-12(9-23-17)5-6-29-2/h3-4,7-10H,5-6H2,1-2H3,(H2,22,24)(H,25,28)(H,23,26,27). The van der Waals surface area contributed by atoms with Crippen molar-refractivity contribution in [3.05, 3.63) is 64.0 Å². The van der Waals surface area contributed by atoms with Gasteiger partial charge in [-0.1, -0.05) is 17.4 Å². The zero-order chi connectivity index (χ0) is 21.7. The molecule has 2 amide bonds. The summed E-state index contributed by atoms with van der Waals surface area (Å²) < 4.78 is 19.4. The number of methoxy groups -OCH3 is 1. The van der Waals surface area contributed by atoms with E-state index in [1.165, 1.54) is 18.3 Å². The molecule has 156 valence electrons. The van der Waals surface area contributed by atoms with Crippen LogP contribution in [0.5, 0.6) is 0 Å². The summed E-state index contributed by atoms with van der Waals surface area (Å²) in [5.74, 6) is -1.55. The molecule has 1 aromatic carbocycles. The van der Waals surface area contributed by atoms with Gasteiger partial charge in [0.05, 0.1) is 18.4 Å². The van der Waals surface area contributed by atoms with Crippen molar-refractivity contribution in [2.24, 2.45) is 0 Å². The first-order valence-corrected chi connectivity index (χ1v) is 9.77. The molecule has 2 aromatic heterocycles. The van der Waals surface area contributed by atoms with Crippen LogP contribution in [0.3, 0.4) is 0 Å². The fourth-order valence-corrected chi connectivity index (χ4v) is 3.19. The number of anilines is 3. The van der Waals surface area contributed by atoms with Gasteiger partial charge in [0.15, 0.2) is 5.13 Å². The number of aromatic nitrogens is 2. The Morgan fingerprint density at radius 1 is 1.17 bits per heavy atom. The molecule has 0 unspecified atom stereocenters. The van der Waals surface area contributed by atoms with Gasteiger partial charge in [0.2, 0.25) is 0 Å². The van der Waals surface area contributed by atoms with Crippen molar-refractivity contribution in [2.45, 2.75) is 13.3 Å². The number of nitrogens with one attached hydrogen (secondary N) is 2. The Labute approximate surface area is 176 Å². The first-order valence-electron chi connectivity index (χ1n) is 8.95. The number of aryl methyl sites for hydroxylation is 1. The summed E-state index contributed by atoms with van der Waals surface area (Å²) in [5.41, 5.74) is 7.05. The molecule has 8 nitrogen and oxygen atoms in total. The number of nitrogens with two attached hydrogens (primary N) is 1. The third kappa shape index (κ3) is 5.16. The molecule has 0 aliphatic heterocycles. The number of rotatable bonds is 7. The maximum absolute atomic E-state index is 14.4. The van der Waals surface area contributed by atoms with Gasteiger partial charge in [-0.05, 0) is 42.7 Å². The van der Waals surface area contributed by atoms with E-state index in [1.807, 2.05) is 0 Å². The lowest BCUT2D eigenvalue weighted by atomic mass is 10.1.